The van der Waals surface area contributed by atoms with Crippen LogP contribution in [-0.2, 0) is 0 Å². The van der Waals surface area contributed by atoms with Gasteiger partial charge in [-0.2, -0.15) is 10.5 Å². The fraction of sp³-hybridized carbons (Fsp3) is 0.105. The molecule has 1 N–H and O–H groups in total. The Balaban J connectivity index is 2.29. The van der Waals surface area contributed by atoms with Gasteiger partial charge in [-0.05, 0) is 42.1 Å². The number of fused-ring (bicyclic) bond motifs is 1. The van der Waals surface area contributed by atoms with Gasteiger partial charge < -0.3 is 9.72 Å². The van der Waals surface area contributed by atoms with Crippen LogP contribution in [0, 0.1) is 29.6 Å². The lowest BCUT2D eigenvalue weighted by atomic mass is 9.93. The van der Waals surface area contributed by atoms with Crippen molar-refractivity contribution in [2.45, 2.75) is 6.92 Å². The highest BCUT2D eigenvalue weighted by molar-refractivity contribution is 5.98. The monoisotopic (exact) mass is 315 g/mol. The normalized spacial score (nSPS) is 10.1. The minimum absolute atomic E-state index is 0.0839. The molecule has 24 heavy (non-hydrogen) atoms. The smallest absolute Gasteiger partial charge is 0.255 e. The molecule has 3 aromatic rings. The first kappa shape index (κ1) is 15.3. The largest absolute Gasteiger partial charge is 0.479 e. The molecule has 0 saturated heterocycles. The van der Waals surface area contributed by atoms with E-state index in [1.165, 1.54) is 0 Å². The topological polar surface area (TPSA) is 89.7 Å². The van der Waals surface area contributed by atoms with Crippen LogP contribution in [0.2, 0.25) is 0 Å². The summed E-state index contributed by atoms with van der Waals surface area (Å²) in [5.41, 5.74) is 2.83. The lowest BCUT2D eigenvalue weighted by Gasteiger charge is -2.12. The van der Waals surface area contributed by atoms with Gasteiger partial charge in [-0.15, -0.1) is 0 Å². The van der Waals surface area contributed by atoms with Crippen LogP contribution < -0.4 is 10.3 Å². The van der Waals surface area contributed by atoms with Crippen molar-refractivity contribution in [2.24, 2.45) is 0 Å². The van der Waals surface area contributed by atoms with Crippen LogP contribution in [0.4, 0.5) is 0 Å². The molecular formula is C19H13N3O2. The maximum atomic E-state index is 12.2. The first-order valence-electron chi connectivity index (χ1n) is 7.31. The maximum absolute atomic E-state index is 12.2. The zero-order chi connectivity index (χ0) is 17.1. The number of hydrogen-bond donors (Lipinski definition) is 1. The quantitative estimate of drug-likeness (QED) is 0.803. The van der Waals surface area contributed by atoms with Gasteiger partial charge in [-0.25, -0.2) is 0 Å². The fourth-order valence-corrected chi connectivity index (χ4v) is 2.77. The molecule has 1 aromatic heterocycles. The summed E-state index contributed by atoms with van der Waals surface area (Å²) in [6, 6.07) is 14.7. The van der Waals surface area contributed by atoms with E-state index in [1.54, 1.807) is 30.5 Å². The van der Waals surface area contributed by atoms with Gasteiger partial charge in [0.05, 0.1) is 17.0 Å². The third kappa shape index (κ3) is 2.60. The van der Waals surface area contributed by atoms with Crippen LogP contribution in [0.3, 0.4) is 0 Å². The molecule has 0 atom stereocenters. The SMILES string of the molecule is Cc1cccc(C#N)c1-c1c[nH]c(=O)c2cc(OCC#N)ccc12. The van der Waals surface area contributed by atoms with E-state index in [-0.39, 0.29) is 12.2 Å². The van der Waals surface area contributed by atoms with Gasteiger partial charge in [0.25, 0.3) is 5.56 Å². The molecule has 0 amide bonds. The first-order chi connectivity index (χ1) is 11.7. The number of aromatic amines is 1. The molecule has 2 aromatic carbocycles. The minimum atomic E-state index is -0.247. The molecule has 0 aliphatic heterocycles. The van der Waals surface area contributed by atoms with Crippen LogP contribution >= 0.6 is 0 Å². The van der Waals surface area contributed by atoms with E-state index in [4.69, 9.17) is 10.00 Å². The summed E-state index contributed by atoms with van der Waals surface area (Å²) in [6.45, 7) is 1.84. The van der Waals surface area contributed by atoms with Gasteiger partial charge in [0.15, 0.2) is 6.61 Å². The summed E-state index contributed by atoms with van der Waals surface area (Å²) in [7, 11) is 0. The van der Waals surface area contributed by atoms with Crippen molar-refractivity contribution in [1.29, 1.82) is 10.5 Å². The summed E-state index contributed by atoms with van der Waals surface area (Å²) < 4.78 is 5.27. The Hall–Kier alpha value is -3.57. The average molecular weight is 315 g/mol. The van der Waals surface area contributed by atoms with Crippen molar-refractivity contribution >= 4 is 10.8 Å². The molecule has 3 rings (SSSR count). The molecule has 5 heteroatoms. The van der Waals surface area contributed by atoms with Gasteiger partial charge in [0.1, 0.15) is 11.8 Å². The summed E-state index contributed by atoms with van der Waals surface area (Å²) in [6.07, 6.45) is 1.63. The van der Waals surface area contributed by atoms with Crippen molar-refractivity contribution in [3.05, 3.63) is 64.1 Å². The highest BCUT2D eigenvalue weighted by atomic mass is 16.5. The van der Waals surface area contributed by atoms with Crippen LogP contribution in [0.1, 0.15) is 11.1 Å². The number of nitrogens with zero attached hydrogens (tertiary/aromatic N) is 2. The van der Waals surface area contributed by atoms with E-state index < -0.39 is 0 Å². The van der Waals surface area contributed by atoms with E-state index in [1.807, 2.05) is 25.1 Å². The zero-order valence-corrected chi connectivity index (χ0v) is 13.0. The van der Waals surface area contributed by atoms with Crippen molar-refractivity contribution in [2.75, 3.05) is 6.61 Å². The Bertz CT molecular complexity index is 1070. The molecule has 0 radical (unpaired) electrons. The van der Waals surface area contributed by atoms with Crippen molar-refractivity contribution in [1.82, 2.24) is 4.98 Å². The van der Waals surface area contributed by atoms with Crippen molar-refractivity contribution in [3.63, 3.8) is 0 Å². The third-order valence-electron chi connectivity index (χ3n) is 3.84. The molecule has 0 fully saturated rings. The second-order valence-electron chi connectivity index (χ2n) is 5.29. The van der Waals surface area contributed by atoms with Crippen LogP contribution in [0.15, 0.2) is 47.4 Å². The molecule has 5 nitrogen and oxygen atoms in total. The average Bonchev–Trinajstić information content (AvgIpc) is 2.61. The van der Waals surface area contributed by atoms with E-state index in [9.17, 15) is 10.1 Å². The highest BCUT2D eigenvalue weighted by Gasteiger charge is 2.13. The summed E-state index contributed by atoms with van der Waals surface area (Å²) in [4.78, 5) is 14.9. The molecule has 116 valence electrons. The molecule has 0 spiro atoms. The second-order valence-corrected chi connectivity index (χ2v) is 5.29. The second kappa shape index (κ2) is 6.28. The number of hydrogen-bond acceptors (Lipinski definition) is 4. The molecule has 1 heterocycles. The highest BCUT2D eigenvalue weighted by Crippen LogP contribution is 2.32. The van der Waals surface area contributed by atoms with Gasteiger partial charge in [0, 0.05) is 17.3 Å². The van der Waals surface area contributed by atoms with E-state index in [2.05, 4.69) is 11.1 Å². The predicted molar refractivity (Wildman–Crippen MR) is 90.6 cm³/mol. The van der Waals surface area contributed by atoms with Crippen molar-refractivity contribution in [3.8, 4) is 29.0 Å². The standard InChI is InChI=1S/C19H13N3O2/c1-12-3-2-4-13(10-21)18(12)17-11-22-19(23)16-9-14(24-8-7-20)5-6-15(16)17/h2-6,9,11H,8H2,1H3,(H,22,23). The maximum Gasteiger partial charge on any atom is 0.255 e. The Morgan fingerprint density at radius 3 is 2.75 bits per heavy atom. The molecule has 0 saturated carbocycles. The van der Waals surface area contributed by atoms with Crippen LogP contribution in [-0.4, -0.2) is 11.6 Å². The Morgan fingerprint density at radius 1 is 1.17 bits per heavy atom. The van der Waals surface area contributed by atoms with Gasteiger partial charge in [-0.1, -0.05) is 12.1 Å². The van der Waals surface area contributed by atoms with Crippen LogP contribution in [0.5, 0.6) is 5.75 Å². The van der Waals surface area contributed by atoms with Crippen LogP contribution in [0.25, 0.3) is 21.9 Å². The Kier molecular flexibility index (Phi) is 4.01. The van der Waals surface area contributed by atoms with Gasteiger partial charge in [-0.3, -0.25) is 4.79 Å². The Labute approximate surface area is 138 Å². The van der Waals surface area contributed by atoms with Gasteiger partial charge in [0.2, 0.25) is 0 Å². The number of nitriles is 2. The molecule has 0 bridgehead atoms. The van der Waals surface area contributed by atoms with Gasteiger partial charge >= 0.3 is 0 Å². The number of rotatable bonds is 3. The molecule has 0 unspecified atom stereocenters. The summed E-state index contributed by atoms with van der Waals surface area (Å²) >= 11 is 0. The number of aromatic nitrogens is 1. The molecule has 0 aliphatic rings. The number of pyridine rings is 1. The Morgan fingerprint density at radius 2 is 2.00 bits per heavy atom. The van der Waals surface area contributed by atoms with E-state index in [0.29, 0.717) is 16.7 Å². The minimum Gasteiger partial charge on any atom is -0.479 e. The molecular weight excluding hydrogens is 302 g/mol. The lowest BCUT2D eigenvalue weighted by Crippen LogP contribution is -2.07. The number of aryl methyl sites for hydroxylation is 1. The predicted octanol–water partition coefficient (Wildman–Crippen LogP) is 3.28. The van der Waals surface area contributed by atoms with E-state index in [0.717, 1.165) is 22.1 Å². The summed E-state index contributed by atoms with van der Waals surface area (Å²) in [5, 5.41) is 19.2. The number of nitrogens with one attached hydrogen (secondary N) is 1. The molecule has 0 aliphatic carbocycles. The number of H-pyrrole nitrogens is 1. The fourth-order valence-electron chi connectivity index (χ4n) is 2.77. The van der Waals surface area contributed by atoms with E-state index >= 15 is 0 Å². The zero-order valence-electron chi connectivity index (χ0n) is 13.0. The number of ether oxygens (including phenoxy) is 1. The third-order valence-corrected chi connectivity index (χ3v) is 3.84. The lowest BCUT2D eigenvalue weighted by molar-refractivity contribution is 0.368. The van der Waals surface area contributed by atoms with Crippen molar-refractivity contribution < 1.29 is 4.74 Å². The summed E-state index contributed by atoms with van der Waals surface area (Å²) in [5.74, 6) is 0.456. The first-order valence-corrected chi connectivity index (χ1v) is 7.31. The number of benzene rings is 2.